The normalized spacial score (nSPS) is 19.0. The molecule has 1 aliphatic carbocycles. The minimum Gasteiger partial charge on any atom is -0.480 e. The van der Waals surface area contributed by atoms with Crippen LogP contribution in [0.1, 0.15) is 46.0 Å². The van der Waals surface area contributed by atoms with Crippen molar-refractivity contribution in [2.24, 2.45) is 0 Å². The molecule has 0 unspecified atom stereocenters. The molecule has 1 fully saturated rings. The molecule has 5 nitrogen and oxygen atoms in total. The summed E-state index contributed by atoms with van der Waals surface area (Å²) in [7, 11) is 0. The summed E-state index contributed by atoms with van der Waals surface area (Å²) in [5, 5.41) is 15.0. The Labute approximate surface area is 102 Å². The highest BCUT2D eigenvalue weighted by Crippen LogP contribution is 2.28. The van der Waals surface area contributed by atoms with Crippen molar-refractivity contribution in [3.05, 3.63) is 0 Å². The predicted molar refractivity (Wildman–Crippen MR) is 64.7 cm³/mol. The molecule has 0 atom stereocenters. The number of amides is 1. The molecule has 98 valence electrons. The summed E-state index contributed by atoms with van der Waals surface area (Å²) in [6, 6.07) is 0.0800. The molecule has 0 aromatic heterocycles. The maximum atomic E-state index is 11.5. The Bertz CT molecular complexity index is 283. The van der Waals surface area contributed by atoms with Gasteiger partial charge in [0.05, 0.1) is 6.54 Å². The second kappa shape index (κ2) is 6.00. The van der Waals surface area contributed by atoms with E-state index in [0.29, 0.717) is 12.8 Å². The summed E-state index contributed by atoms with van der Waals surface area (Å²) in [5.41, 5.74) is -0.896. The second-order valence-corrected chi connectivity index (χ2v) is 5.02. The fraction of sp³-hybridized carbons (Fsp3) is 0.833. The first-order chi connectivity index (χ1) is 7.96. The van der Waals surface area contributed by atoms with Crippen molar-refractivity contribution in [2.75, 3.05) is 6.54 Å². The van der Waals surface area contributed by atoms with E-state index < -0.39 is 11.5 Å². The highest BCUT2D eigenvalue weighted by Gasteiger charge is 2.39. The van der Waals surface area contributed by atoms with Crippen LogP contribution in [0.3, 0.4) is 0 Å². The number of carboxylic acids is 1. The smallest absolute Gasteiger partial charge is 0.323 e. The van der Waals surface area contributed by atoms with Gasteiger partial charge in [0, 0.05) is 6.04 Å². The number of hydrogen-bond acceptors (Lipinski definition) is 3. The lowest BCUT2D eigenvalue weighted by Crippen LogP contribution is -2.56. The Hall–Kier alpha value is -1.10. The van der Waals surface area contributed by atoms with Gasteiger partial charge < -0.3 is 10.4 Å². The molecule has 0 aromatic rings. The van der Waals surface area contributed by atoms with Crippen LogP contribution in [0.5, 0.6) is 0 Å². The van der Waals surface area contributed by atoms with Crippen molar-refractivity contribution in [1.82, 2.24) is 10.6 Å². The maximum absolute atomic E-state index is 11.5. The van der Waals surface area contributed by atoms with Crippen LogP contribution in [0.15, 0.2) is 0 Å². The number of carbonyl (C=O) groups excluding carboxylic acids is 1. The summed E-state index contributed by atoms with van der Waals surface area (Å²) in [4.78, 5) is 22.8. The Morgan fingerprint density at radius 3 is 2.29 bits per heavy atom. The first-order valence-corrected chi connectivity index (χ1v) is 6.24. The molecule has 0 aromatic carbocycles. The SMILES string of the molecule is CC(C)NC(=O)CNC1(C(=O)O)CCCCC1. The fourth-order valence-corrected chi connectivity index (χ4v) is 2.24. The van der Waals surface area contributed by atoms with Crippen LogP contribution in [-0.4, -0.2) is 35.1 Å². The molecule has 5 heteroatoms. The number of aliphatic carboxylic acids is 1. The van der Waals surface area contributed by atoms with Gasteiger partial charge in [-0.15, -0.1) is 0 Å². The molecule has 0 radical (unpaired) electrons. The van der Waals surface area contributed by atoms with Gasteiger partial charge in [0.25, 0.3) is 0 Å². The number of carbonyl (C=O) groups is 2. The zero-order valence-electron chi connectivity index (χ0n) is 10.6. The molecule has 0 heterocycles. The van der Waals surface area contributed by atoms with Gasteiger partial charge in [0.2, 0.25) is 5.91 Å². The third kappa shape index (κ3) is 4.00. The molecule has 1 saturated carbocycles. The van der Waals surface area contributed by atoms with E-state index in [4.69, 9.17) is 0 Å². The van der Waals surface area contributed by atoms with Crippen molar-refractivity contribution in [2.45, 2.75) is 57.5 Å². The predicted octanol–water partition coefficient (Wildman–Crippen LogP) is 0.888. The maximum Gasteiger partial charge on any atom is 0.323 e. The van der Waals surface area contributed by atoms with E-state index in [1.807, 2.05) is 13.8 Å². The highest BCUT2D eigenvalue weighted by atomic mass is 16.4. The quantitative estimate of drug-likeness (QED) is 0.669. The molecule has 3 N–H and O–H groups in total. The number of carboxylic acid groups (broad SMARTS) is 1. The molecule has 0 saturated heterocycles. The van der Waals surface area contributed by atoms with Crippen LogP contribution in [0, 0.1) is 0 Å². The third-order valence-electron chi connectivity index (χ3n) is 3.15. The van der Waals surface area contributed by atoms with E-state index in [9.17, 15) is 14.7 Å². The lowest BCUT2D eigenvalue weighted by Gasteiger charge is -2.34. The van der Waals surface area contributed by atoms with Gasteiger partial charge in [-0.2, -0.15) is 0 Å². The summed E-state index contributed by atoms with van der Waals surface area (Å²) >= 11 is 0. The highest BCUT2D eigenvalue weighted by molar-refractivity contribution is 5.82. The van der Waals surface area contributed by atoms with E-state index in [0.717, 1.165) is 19.3 Å². The minimum atomic E-state index is -0.896. The number of hydrogen-bond donors (Lipinski definition) is 3. The fourth-order valence-electron chi connectivity index (χ4n) is 2.24. The zero-order chi connectivity index (χ0) is 12.9. The van der Waals surface area contributed by atoms with E-state index in [2.05, 4.69) is 10.6 Å². The third-order valence-corrected chi connectivity index (χ3v) is 3.15. The van der Waals surface area contributed by atoms with E-state index >= 15 is 0 Å². The number of rotatable bonds is 5. The van der Waals surface area contributed by atoms with Crippen molar-refractivity contribution in [3.8, 4) is 0 Å². The van der Waals surface area contributed by atoms with Crippen LogP contribution in [0.2, 0.25) is 0 Å². The van der Waals surface area contributed by atoms with Crippen LogP contribution in [-0.2, 0) is 9.59 Å². The van der Waals surface area contributed by atoms with Crippen LogP contribution in [0.25, 0.3) is 0 Å². The Balaban J connectivity index is 2.50. The average Bonchev–Trinajstić information content (AvgIpc) is 2.26. The largest absolute Gasteiger partial charge is 0.480 e. The molecule has 0 bridgehead atoms. The molecular formula is C12H22N2O3. The first-order valence-electron chi connectivity index (χ1n) is 6.24. The van der Waals surface area contributed by atoms with Gasteiger partial charge >= 0.3 is 5.97 Å². The lowest BCUT2D eigenvalue weighted by atomic mass is 9.81. The standard InChI is InChI=1S/C12H22N2O3/c1-9(2)14-10(15)8-13-12(11(16)17)6-4-3-5-7-12/h9,13H,3-8H2,1-2H3,(H,14,15)(H,16,17). The van der Waals surface area contributed by atoms with Gasteiger partial charge in [-0.25, -0.2) is 0 Å². The van der Waals surface area contributed by atoms with Crippen LogP contribution >= 0.6 is 0 Å². The van der Waals surface area contributed by atoms with E-state index in [-0.39, 0.29) is 18.5 Å². The van der Waals surface area contributed by atoms with Gasteiger partial charge in [-0.05, 0) is 26.7 Å². The van der Waals surface area contributed by atoms with Gasteiger partial charge in [-0.1, -0.05) is 19.3 Å². The Morgan fingerprint density at radius 1 is 1.24 bits per heavy atom. The monoisotopic (exact) mass is 242 g/mol. The molecule has 1 aliphatic rings. The van der Waals surface area contributed by atoms with Crippen molar-refractivity contribution in [1.29, 1.82) is 0 Å². The van der Waals surface area contributed by atoms with Crippen LogP contribution < -0.4 is 10.6 Å². The summed E-state index contributed by atoms with van der Waals surface area (Å²) in [5.74, 6) is -0.985. The molecule has 0 spiro atoms. The van der Waals surface area contributed by atoms with Gasteiger partial charge in [-0.3, -0.25) is 14.9 Å². The molecule has 1 amide bonds. The van der Waals surface area contributed by atoms with Crippen LogP contribution in [0.4, 0.5) is 0 Å². The number of nitrogens with one attached hydrogen (secondary N) is 2. The molecule has 17 heavy (non-hydrogen) atoms. The zero-order valence-corrected chi connectivity index (χ0v) is 10.6. The second-order valence-electron chi connectivity index (χ2n) is 5.02. The van der Waals surface area contributed by atoms with E-state index in [1.54, 1.807) is 0 Å². The average molecular weight is 242 g/mol. The van der Waals surface area contributed by atoms with Crippen molar-refractivity contribution >= 4 is 11.9 Å². The summed E-state index contributed by atoms with van der Waals surface area (Å²) < 4.78 is 0. The van der Waals surface area contributed by atoms with Crippen molar-refractivity contribution < 1.29 is 14.7 Å². The topological polar surface area (TPSA) is 78.4 Å². The molecule has 0 aliphatic heterocycles. The van der Waals surface area contributed by atoms with E-state index in [1.165, 1.54) is 0 Å². The van der Waals surface area contributed by atoms with Gasteiger partial charge in [0.15, 0.2) is 0 Å². The minimum absolute atomic E-state index is 0.0739. The van der Waals surface area contributed by atoms with Crippen molar-refractivity contribution in [3.63, 3.8) is 0 Å². The first kappa shape index (κ1) is 14.0. The molecular weight excluding hydrogens is 220 g/mol. The van der Waals surface area contributed by atoms with Gasteiger partial charge in [0.1, 0.15) is 5.54 Å². The Morgan fingerprint density at radius 2 is 1.82 bits per heavy atom. The summed E-state index contributed by atoms with van der Waals surface area (Å²) in [6.07, 6.45) is 4.11. The molecule has 1 rings (SSSR count). The Kier molecular flexibility index (Phi) is 4.93. The summed E-state index contributed by atoms with van der Waals surface area (Å²) in [6.45, 7) is 3.83. The lowest BCUT2D eigenvalue weighted by molar-refractivity contribution is -0.146.